The van der Waals surface area contributed by atoms with E-state index in [1.165, 1.54) is 0 Å². The van der Waals surface area contributed by atoms with Gasteiger partial charge < -0.3 is 15.4 Å². The largest absolute Gasteiger partial charge is 0.488 e. The fraction of sp³-hybridized carbons (Fsp3) is 0.455. The smallest absolute Gasteiger partial charge is 0.253 e. The summed E-state index contributed by atoms with van der Waals surface area (Å²) in [5.74, 6) is 1.31. The van der Waals surface area contributed by atoms with Crippen LogP contribution in [0.3, 0.4) is 0 Å². The van der Waals surface area contributed by atoms with Gasteiger partial charge in [0.25, 0.3) is 5.91 Å². The number of benzene rings is 1. The second kappa shape index (κ2) is 11.4. The second-order valence-corrected chi connectivity index (χ2v) is 7.60. The quantitative estimate of drug-likeness (QED) is 0.752. The van der Waals surface area contributed by atoms with Crippen LogP contribution in [0.1, 0.15) is 46.8 Å². The fourth-order valence-corrected chi connectivity index (χ4v) is 3.75. The van der Waals surface area contributed by atoms with Crippen LogP contribution < -0.4 is 10.5 Å². The molecular formula is C22H31Cl2N3O2. The fourth-order valence-electron chi connectivity index (χ4n) is 3.75. The van der Waals surface area contributed by atoms with Gasteiger partial charge in [0.2, 0.25) is 0 Å². The number of aromatic nitrogens is 1. The number of likely N-dealkylation sites (tertiary alicyclic amines) is 1. The summed E-state index contributed by atoms with van der Waals surface area (Å²) in [5.41, 5.74) is 9.75. The van der Waals surface area contributed by atoms with Crippen molar-refractivity contribution in [2.24, 2.45) is 11.7 Å². The van der Waals surface area contributed by atoms with E-state index in [-0.39, 0.29) is 36.8 Å². The summed E-state index contributed by atoms with van der Waals surface area (Å²) in [5, 5.41) is 0. The lowest BCUT2D eigenvalue weighted by Crippen LogP contribution is -2.45. The number of carbonyl (C=O) groups is 1. The minimum Gasteiger partial charge on any atom is -0.488 e. The number of piperidine rings is 1. The highest BCUT2D eigenvalue weighted by Crippen LogP contribution is 2.27. The van der Waals surface area contributed by atoms with Crippen LogP contribution in [0.2, 0.25) is 0 Å². The van der Waals surface area contributed by atoms with Gasteiger partial charge in [-0.25, -0.2) is 0 Å². The van der Waals surface area contributed by atoms with Crippen LogP contribution in [-0.2, 0) is 6.61 Å². The van der Waals surface area contributed by atoms with Crippen LogP contribution in [0.5, 0.6) is 5.75 Å². The SMILES string of the molecule is Cc1cc(C(=O)N2CCCC(C(C)N)C2)cc(C)c1OCc1cccnc1.Cl.Cl. The number of aryl methyl sites for hydroxylation is 2. The third-order valence-corrected chi connectivity index (χ3v) is 5.30. The molecule has 0 saturated carbocycles. The first-order valence-corrected chi connectivity index (χ1v) is 9.63. The van der Waals surface area contributed by atoms with Crippen LogP contribution in [0.25, 0.3) is 0 Å². The van der Waals surface area contributed by atoms with E-state index in [2.05, 4.69) is 4.98 Å². The molecule has 2 unspecified atom stereocenters. The number of nitrogens with two attached hydrogens (primary N) is 1. The normalized spacial score (nSPS) is 17.0. The summed E-state index contributed by atoms with van der Waals surface area (Å²) in [4.78, 5) is 19.1. The first-order chi connectivity index (χ1) is 13.0. The molecule has 1 aliphatic rings. The zero-order valence-electron chi connectivity index (χ0n) is 17.3. The summed E-state index contributed by atoms with van der Waals surface area (Å²) in [7, 11) is 0. The molecule has 2 aromatic rings. The Bertz CT molecular complexity index is 777. The van der Waals surface area contributed by atoms with Gasteiger partial charge >= 0.3 is 0 Å². The number of nitrogens with zero attached hydrogens (tertiary/aromatic N) is 2. The third-order valence-electron chi connectivity index (χ3n) is 5.30. The summed E-state index contributed by atoms with van der Waals surface area (Å²) in [6.07, 6.45) is 5.66. The summed E-state index contributed by atoms with van der Waals surface area (Å²) in [6.45, 7) is 8.02. The molecule has 1 aromatic heterocycles. The maximum atomic E-state index is 13.0. The van der Waals surface area contributed by atoms with Crippen molar-refractivity contribution >= 4 is 30.7 Å². The molecule has 2 atom stereocenters. The van der Waals surface area contributed by atoms with E-state index in [9.17, 15) is 4.79 Å². The van der Waals surface area contributed by atoms with Crippen LogP contribution >= 0.6 is 24.8 Å². The highest BCUT2D eigenvalue weighted by molar-refractivity contribution is 5.95. The van der Waals surface area contributed by atoms with Crippen LogP contribution in [0, 0.1) is 19.8 Å². The number of hydrogen-bond acceptors (Lipinski definition) is 4. The number of amides is 1. The Kier molecular flexibility index (Phi) is 9.90. The minimum atomic E-state index is 0. The van der Waals surface area contributed by atoms with Crippen molar-refractivity contribution in [2.45, 2.75) is 46.3 Å². The van der Waals surface area contributed by atoms with Gasteiger partial charge in [-0.3, -0.25) is 9.78 Å². The van der Waals surface area contributed by atoms with E-state index in [0.717, 1.165) is 53.9 Å². The van der Waals surface area contributed by atoms with Gasteiger partial charge in [0.1, 0.15) is 12.4 Å². The molecule has 0 bridgehead atoms. The molecule has 5 nitrogen and oxygen atoms in total. The Balaban J connectivity index is 0.00000210. The number of rotatable bonds is 5. The van der Waals surface area contributed by atoms with Crippen LogP contribution in [0.15, 0.2) is 36.7 Å². The lowest BCUT2D eigenvalue weighted by Gasteiger charge is -2.34. The maximum absolute atomic E-state index is 13.0. The Labute approximate surface area is 185 Å². The molecule has 29 heavy (non-hydrogen) atoms. The Morgan fingerprint density at radius 1 is 1.31 bits per heavy atom. The van der Waals surface area contributed by atoms with E-state index >= 15 is 0 Å². The number of ether oxygens (including phenoxy) is 1. The van der Waals surface area contributed by atoms with Crippen molar-refractivity contribution in [1.29, 1.82) is 0 Å². The topological polar surface area (TPSA) is 68.5 Å². The molecule has 1 aliphatic heterocycles. The first-order valence-electron chi connectivity index (χ1n) is 9.63. The van der Waals surface area contributed by atoms with Gasteiger partial charge in [-0.15, -0.1) is 24.8 Å². The zero-order valence-corrected chi connectivity index (χ0v) is 18.9. The van der Waals surface area contributed by atoms with Gasteiger partial charge in [-0.2, -0.15) is 0 Å². The molecule has 7 heteroatoms. The maximum Gasteiger partial charge on any atom is 0.253 e. The predicted molar refractivity (Wildman–Crippen MR) is 121 cm³/mol. The number of carbonyl (C=O) groups excluding carboxylic acids is 1. The van der Waals surface area contributed by atoms with Crippen molar-refractivity contribution in [3.05, 3.63) is 58.9 Å². The van der Waals surface area contributed by atoms with E-state index in [1.807, 2.05) is 49.9 Å². The molecule has 2 N–H and O–H groups in total. The molecular weight excluding hydrogens is 409 g/mol. The van der Waals surface area contributed by atoms with Gasteiger partial charge in [0.05, 0.1) is 0 Å². The molecule has 0 radical (unpaired) electrons. The van der Waals surface area contributed by atoms with Crippen molar-refractivity contribution in [3.8, 4) is 5.75 Å². The van der Waals surface area contributed by atoms with E-state index < -0.39 is 0 Å². The van der Waals surface area contributed by atoms with E-state index in [4.69, 9.17) is 10.5 Å². The van der Waals surface area contributed by atoms with Crippen molar-refractivity contribution < 1.29 is 9.53 Å². The molecule has 160 valence electrons. The lowest BCUT2D eigenvalue weighted by molar-refractivity contribution is 0.0660. The van der Waals surface area contributed by atoms with Crippen molar-refractivity contribution in [3.63, 3.8) is 0 Å². The summed E-state index contributed by atoms with van der Waals surface area (Å²) in [6, 6.07) is 7.87. The first kappa shape index (κ1) is 25.2. The van der Waals surface area contributed by atoms with Crippen LogP contribution in [-0.4, -0.2) is 34.9 Å². The average molecular weight is 440 g/mol. The lowest BCUT2D eigenvalue weighted by atomic mass is 9.91. The van der Waals surface area contributed by atoms with Crippen molar-refractivity contribution in [1.82, 2.24) is 9.88 Å². The predicted octanol–water partition coefficient (Wildman–Crippen LogP) is 4.32. The van der Waals surface area contributed by atoms with Gasteiger partial charge in [-0.1, -0.05) is 6.07 Å². The van der Waals surface area contributed by atoms with Crippen molar-refractivity contribution in [2.75, 3.05) is 13.1 Å². The van der Waals surface area contributed by atoms with Gasteiger partial charge in [0, 0.05) is 42.7 Å². The average Bonchev–Trinajstić information content (AvgIpc) is 2.67. The molecule has 1 saturated heterocycles. The number of halogens is 2. The molecule has 1 aromatic carbocycles. The molecule has 1 amide bonds. The highest BCUT2D eigenvalue weighted by atomic mass is 35.5. The monoisotopic (exact) mass is 439 g/mol. The molecule has 0 spiro atoms. The van der Waals surface area contributed by atoms with Gasteiger partial charge in [-0.05, 0) is 68.9 Å². The summed E-state index contributed by atoms with van der Waals surface area (Å²) >= 11 is 0. The molecule has 0 aliphatic carbocycles. The highest BCUT2D eigenvalue weighted by Gasteiger charge is 2.27. The van der Waals surface area contributed by atoms with E-state index in [1.54, 1.807) is 12.4 Å². The van der Waals surface area contributed by atoms with Gasteiger partial charge in [0.15, 0.2) is 0 Å². The van der Waals surface area contributed by atoms with E-state index in [0.29, 0.717) is 12.5 Å². The minimum absolute atomic E-state index is 0. The third kappa shape index (κ3) is 6.33. The molecule has 2 heterocycles. The number of hydrogen-bond donors (Lipinski definition) is 1. The second-order valence-electron chi connectivity index (χ2n) is 7.60. The Morgan fingerprint density at radius 2 is 2.00 bits per heavy atom. The summed E-state index contributed by atoms with van der Waals surface area (Å²) < 4.78 is 6.00. The molecule has 1 fully saturated rings. The van der Waals surface area contributed by atoms with Crippen LogP contribution in [0.4, 0.5) is 0 Å². The Hall–Kier alpha value is -1.82. The zero-order chi connectivity index (χ0) is 19.4. The standard InChI is InChI=1S/C22H29N3O2.2ClH/c1-15-10-20(22(26)25-9-5-7-19(13-25)17(3)23)11-16(2)21(15)27-14-18-6-4-8-24-12-18;;/h4,6,8,10-12,17,19H,5,7,9,13-14,23H2,1-3H3;2*1H. The number of pyridine rings is 1. The molecule has 3 rings (SSSR count). The Morgan fingerprint density at radius 3 is 2.59 bits per heavy atom.